The smallest absolute Gasteiger partial charge is 0.270 e. The quantitative estimate of drug-likeness (QED) is 0.260. The second kappa shape index (κ2) is 18.5. The Bertz CT molecular complexity index is 1410. The Balaban J connectivity index is 0.00000125. The molecule has 11 nitrogen and oxygen atoms in total. The first kappa shape index (κ1) is 35.1. The van der Waals surface area contributed by atoms with Gasteiger partial charge in [0.15, 0.2) is 11.5 Å². The summed E-state index contributed by atoms with van der Waals surface area (Å²) < 4.78 is 11.1. The summed E-state index contributed by atoms with van der Waals surface area (Å²) in [5.74, 6) is 0.188. The van der Waals surface area contributed by atoms with E-state index >= 15 is 0 Å². The maximum atomic E-state index is 13.0. The molecule has 1 heterocycles. The molecule has 4 amide bonds. The summed E-state index contributed by atoms with van der Waals surface area (Å²) >= 11 is 0. The molecule has 2 N–H and O–H groups in total. The SMILES string of the molecule is CCOC1=CC(c2cccc(C(=O)NCc3cccc(C(=O)N(C=O)CCCC=O)c3C)n2)C=CC=C1OC.CNC(C)=O. The molecular weight excluding hydrogens is 564 g/mol. The van der Waals surface area contributed by atoms with E-state index in [1.807, 2.05) is 43.4 Å². The number of aldehydes is 1. The van der Waals surface area contributed by atoms with Crippen LogP contribution in [0, 0.1) is 6.92 Å². The molecule has 1 aliphatic rings. The van der Waals surface area contributed by atoms with Gasteiger partial charge < -0.3 is 24.9 Å². The van der Waals surface area contributed by atoms with E-state index in [-0.39, 0.29) is 42.9 Å². The van der Waals surface area contributed by atoms with Crippen LogP contribution in [-0.4, -0.2) is 67.6 Å². The van der Waals surface area contributed by atoms with E-state index in [0.29, 0.717) is 47.8 Å². The molecule has 3 rings (SSSR count). The largest absolute Gasteiger partial charge is 0.493 e. The highest BCUT2D eigenvalue weighted by molar-refractivity contribution is 6.01. The van der Waals surface area contributed by atoms with Gasteiger partial charge in [0.25, 0.3) is 11.8 Å². The van der Waals surface area contributed by atoms with Gasteiger partial charge in [-0.2, -0.15) is 0 Å². The topological polar surface area (TPSA) is 144 Å². The number of imide groups is 1. The number of aromatic nitrogens is 1. The molecule has 0 saturated carbocycles. The van der Waals surface area contributed by atoms with E-state index < -0.39 is 5.91 Å². The van der Waals surface area contributed by atoms with Gasteiger partial charge in [0, 0.05) is 45.0 Å². The van der Waals surface area contributed by atoms with E-state index in [1.54, 1.807) is 45.3 Å². The monoisotopic (exact) mass is 604 g/mol. The Kier molecular flexibility index (Phi) is 14.8. The number of hydrogen-bond donors (Lipinski definition) is 2. The molecule has 1 aromatic carbocycles. The molecular formula is C33H40N4O7. The van der Waals surface area contributed by atoms with Crippen molar-refractivity contribution in [3.8, 4) is 0 Å². The summed E-state index contributed by atoms with van der Waals surface area (Å²) in [6.45, 7) is 5.94. The lowest BCUT2D eigenvalue weighted by atomic mass is 10.0. The van der Waals surface area contributed by atoms with Gasteiger partial charge in [-0.25, -0.2) is 4.98 Å². The van der Waals surface area contributed by atoms with Crippen LogP contribution in [0.25, 0.3) is 0 Å². The number of ether oxygens (including phenoxy) is 2. The number of allylic oxidation sites excluding steroid dienone is 4. The molecule has 0 fully saturated rings. The summed E-state index contributed by atoms with van der Waals surface area (Å²) in [5.41, 5.74) is 2.68. The molecule has 2 aromatic rings. The maximum absolute atomic E-state index is 13.0. The molecule has 0 spiro atoms. The van der Waals surface area contributed by atoms with E-state index in [2.05, 4.69) is 15.6 Å². The first-order chi connectivity index (χ1) is 21.2. The zero-order valence-corrected chi connectivity index (χ0v) is 25.8. The van der Waals surface area contributed by atoms with Crippen molar-refractivity contribution in [2.75, 3.05) is 27.3 Å². The minimum atomic E-state index is -0.446. The third kappa shape index (κ3) is 10.3. The van der Waals surface area contributed by atoms with Crippen molar-refractivity contribution in [2.24, 2.45) is 0 Å². The summed E-state index contributed by atoms with van der Waals surface area (Å²) in [4.78, 5) is 63.3. The van der Waals surface area contributed by atoms with E-state index in [1.165, 1.54) is 6.92 Å². The Hall–Kier alpha value is -5.06. The van der Waals surface area contributed by atoms with Crippen molar-refractivity contribution >= 4 is 30.4 Å². The van der Waals surface area contributed by atoms with Gasteiger partial charge in [0.05, 0.1) is 19.4 Å². The minimum absolute atomic E-state index is 0.00463. The number of carbonyl (C=O) groups is 5. The maximum Gasteiger partial charge on any atom is 0.270 e. The van der Waals surface area contributed by atoms with Gasteiger partial charge in [-0.3, -0.25) is 24.1 Å². The predicted octanol–water partition coefficient (Wildman–Crippen LogP) is 3.75. The number of nitrogens with zero attached hydrogens (tertiary/aromatic N) is 2. The lowest BCUT2D eigenvalue weighted by Gasteiger charge is -2.18. The van der Waals surface area contributed by atoms with Crippen LogP contribution in [0.1, 0.15) is 70.3 Å². The molecule has 1 unspecified atom stereocenters. The van der Waals surface area contributed by atoms with Crippen molar-refractivity contribution in [3.05, 3.63) is 100 Å². The summed E-state index contributed by atoms with van der Waals surface area (Å²) in [5, 5.41) is 5.26. The predicted molar refractivity (Wildman–Crippen MR) is 165 cm³/mol. The Morgan fingerprint density at radius 1 is 1.09 bits per heavy atom. The van der Waals surface area contributed by atoms with Crippen LogP contribution >= 0.6 is 0 Å². The highest BCUT2D eigenvalue weighted by atomic mass is 16.5. The number of unbranched alkanes of at least 4 members (excludes halogenated alkanes) is 1. The third-order valence-electron chi connectivity index (χ3n) is 6.58. The fraction of sp³-hybridized carbons (Fsp3) is 0.333. The van der Waals surface area contributed by atoms with Crippen molar-refractivity contribution < 1.29 is 33.4 Å². The first-order valence-corrected chi connectivity index (χ1v) is 14.2. The van der Waals surface area contributed by atoms with E-state index in [0.717, 1.165) is 16.7 Å². The van der Waals surface area contributed by atoms with Crippen molar-refractivity contribution in [3.63, 3.8) is 0 Å². The Labute approximate surface area is 258 Å². The fourth-order valence-corrected chi connectivity index (χ4v) is 4.11. The second-order valence-corrected chi connectivity index (χ2v) is 9.55. The second-order valence-electron chi connectivity index (χ2n) is 9.55. The number of carbonyl (C=O) groups excluding carboxylic acids is 5. The number of pyridine rings is 1. The summed E-state index contributed by atoms with van der Waals surface area (Å²) in [7, 11) is 3.18. The van der Waals surface area contributed by atoms with Crippen LogP contribution < -0.4 is 10.6 Å². The molecule has 1 aromatic heterocycles. The molecule has 1 atom stereocenters. The van der Waals surface area contributed by atoms with Gasteiger partial charge >= 0.3 is 0 Å². The van der Waals surface area contributed by atoms with Crippen LogP contribution in [0.3, 0.4) is 0 Å². The van der Waals surface area contributed by atoms with Gasteiger partial charge in [0.1, 0.15) is 12.0 Å². The number of methoxy groups -OCH3 is 1. The number of nitrogens with one attached hydrogen (secondary N) is 2. The van der Waals surface area contributed by atoms with E-state index in [9.17, 15) is 24.0 Å². The highest BCUT2D eigenvalue weighted by Gasteiger charge is 2.20. The number of hydrogen-bond acceptors (Lipinski definition) is 8. The van der Waals surface area contributed by atoms with Gasteiger partial charge in [-0.15, -0.1) is 0 Å². The molecule has 0 radical (unpaired) electrons. The Morgan fingerprint density at radius 2 is 1.82 bits per heavy atom. The zero-order chi connectivity index (χ0) is 32.5. The number of amides is 4. The molecule has 0 saturated heterocycles. The van der Waals surface area contributed by atoms with Crippen LogP contribution in [0.4, 0.5) is 0 Å². The van der Waals surface area contributed by atoms with Crippen LogP contribution in [0.5, 0.6) is 0 Å². The molecule has 44 heavy (non-hydrogen) atoms. The minimum Gasteiger partial charge on any atom is -0.493 e. The van der Waals surface area contributed by atoms with Crippen LogP contribution in [0.2, 0.25) is 0 Å². The van der Waals surface area contributed by atoms with Crippen LogP contribution in [0.15, 0.2) is 72.2 Å². The third-order valence-corrected chi connectivity index (χ3v) is 6.58. The first-order valence-electron chi connectivity index (χ1n) is 14.2. The average molecular weight is 605 g/mol. The van der Waals surface area contributed by atoms with Crippen LogP contribution in [-0.2, 0) is 30.4 Å². The number of benzene rings is 1. The normalized spacial score (nSPS) is 13.5. The van der Waals surface area contributed by atoms with Gasteiger partial charge in [-0.1, -0.05) is 30.4 Å². The fourth-order valence-electron chi connectivity index (χ4n) is 4.11. The van der Waals surface area contributed by atoms with Crippen molar-refractivity contribution in [2.45, 2.75) is 46.1 Å². The molecule has 1 aliphatic carbocycles. The molecule has 11 heteroatoms. The average Bonchev–Trinajstić information content (AvgIpc) is 3.24. The number of rotatable bonds is 13. The molecule has 0 aliphatic heterocycles. The highest BCUT2D eigenvalue weighted by Crippen LogP contribution is 2.26. The van der Waals surface area contributed by atoms with Gasteiger partial charge in [0.2, 0.25) is 12.3 Å². The van der Waals surface area contributed by atoms with E-state index in [4.69, 9.17) is 9.47 Å². The lowest BCUT2D eigenvalue weighted by Crippen LogP contribution is -2.31. The standard InChI is InChI=1S/C30H33N3O6.C3H7NO/c1-4-39-28-18-22(10-8-15-27(28)38-3)25-13-9-14-26(32-25)29(36)31-19-23-11-7-12-24(21(23)2)30(37)33(20-35)16-5-6-17-34;1-3(5)4-2/h7-15,17-18,20,22H,4-6,16,19H2,1-3H3,(H,31,36);1-2H3,(H,4,5). The lowest BCUT2D eigenvalue weighted by molar-refractivity contribution is -0.118. The molecule has 0 bridgehead atoms. The summed E-state index contributed by atoms with van der Waals surface area (Å²) in [6.07, 6.45) is 9.43. The molecule has 234 valence electrons. The van der Waals surface area contributed by atoms with Crippen molar-refractivity contribution in [1.82, 2.24) is 20.5 Å². The van der Waals surface area contributed by atoms with Crippen molar-refractivity contribution in [1.29, 1.82) is 0 Å². The summed E-state index contributed by atoms with van der Waals surface area (Å²) in [6, 6.07) is 10.4. The van der Waals surface area contributed by atoms with Gasteiger partial charge in [-0.05, 0) is 61.7 Å². The Morgan fingerprint density at radius 3 is 2.45 bits per heavy atom. The zero-order valence-electron chi connectivity index (χ0n) is 25.8.